The summed E-state index contributed by atoms with van der Waals surface area (Å²) in [5, 5.41) is 1.98. The first-order valence-corrected chi connectivity index (χ1v) is 12.6. The van der Waals surface area contributed by atoms with Crippen molar-refractivity contribution in [1.29, 1.82) is 0 Å². The maximum absolute atomic E-state index is 11.9. The molecule has 2 aliphatic rings. The number of furan rings is 1. The van der Waals surface area contributed by atoms with Crippen molar-refractivity contribution in [3.8, 4) is 0 Å². The Bertz CT molecular complexity index is 1460. The lowest BCUT2D eigenvalue weighted by Gasteiger charge is -2.04. The quantitative estimate of drug-likeness (QED) is 0.258. The molecule has 37 heavy (non-hydrogen) atoms. The molecule has 4 rings (SSSR count). The molecule has 0 aliphatic carbocycles. The first-order chi connectivity index (χ1) is 17.2. The zero-order valence-electron chi connectivity index (χ0n) is 22.5. The first kappa shape index (κ1) is 27.8. The minimum Gasteiger partial charge on any atom is -0.466 e. The predicted octanol–water partition coefficient (Wildman–Crippen LogP) is 6.34. The van der Waals surface area contributed by atoms with Gasteiger partial charge in [0.1, 0.15) is 11.5 Å². The van der Waals surface area contributed by atoms with E-state index >= 15 is 0 Å². The van der Waals surface area contributed by atoms with Gasteiger partial charge in [0, 0.05) is 10.4 Å². The van der Waals surface area contributed by atoms with E-state index < -0.39 is 23.9 Å². The van der Waals surface area contributed by atoms with Crippen LogP contribution >= 0.6 is 11.3 Å². The molecule has 2 fully saturated rings. The van der Waals surface area contributed by atoms with Crippen LogP contribution in [-0.2, 0) is 28.7 Å². The second-order valence-electron chi connectivity index (χ2n) is 9.38. The molecule has 0 spiro atoms. The van der Waals surface area contributed by atoms with E-state index in [-0.39, 0.29) is 0 Å². The molecule has 0 amide bonds. The largest absolute Gasteiger partial charge is 0.466 e. The Balaban J connectivity index is 0.000000206. The van der Waals surface area contributed by atoms with Gasteiger partial charge in [-0.2, -0.15) is 0 Å². The second-order valence-corrected chi connectivity index (χ2v) is 10.5. The van der Waals surface area contributed by atoms with E-state index in [9.17, 15) is 19.2 Å². The molecule has 8 heteroatoms. The molecule has 0 radical (unpaired) electrons. The molecule has 2 aromatic heterocycles. The number of hydrogen-bond acceptors (Lipinski definition) is 8. The zero-order chi connectivity index (χ0) is 27.8. The number of ether oxygens (including phenoxy) is 2. The standard InChI is InChI=1S/C15H16O4.C14H14O3S/c1-7(2)12-13(15(17)19-14(12)16)9(4)11-6-8(3)18-10(11)5;1-7(2)11-12(14(16)17-13(11)15)9(4)10-5-8(3)18-6-10/h6H,1-5H3;5-6H,1-4H3/b13-9+;12-9+. The summed E-state index contributed by atoms with van der Waals surface area (Å²) in [6, 6.07) is 3.86. The van der Waals surface area contributed by atoms with E-state index in [0.717, 1.165) is 39.4 Å². The van der Waals surface area contributed by atoms with Crippen LogP contribution in [0.4, 0.5) is 0 Å². The summed E-state index contributed by atoms with van der Waals surface area (Å²) in [6.45, 7) is 16.5. The van der Waals surface area contributed by atoms with Gasteiger partial charge in [-0.05, 0) is 96.5 Å². The van der Waals surface area contributed by atoms with Gasteiger partial charge in [-0.25, -0.2) is 19.2 Å². The van der Waals surface area contributed by atoms with Crippen molar-refractivity contribution in [1.82, 2.24) is 0 Å². The van der Waals surface area contributed by atoms with Gasteiger partial charge in [0.2, 0.25) is 0 Å². The molecular formula is C29H30O7S. The van der Waals surface area contributed by atoms with E-state index in [0.29, 0.717) is 27.9 Å². The molecule has 0 aromatic carbocycles. The van der Waals surface area contributed by atoms with Gasteiger partial charge in [-0.3, -0.25) is 0 Å². The van der Waals surface area contributed by atoms with Gasteiger partial charge in [0.15, 0.2) is 0 Å². The van der Waals surface area contributed by atoms with Crippen molar-refractivity contribution in [2.45, 2.75) is 62.3 Å². The van der Waals surface area contributed by atoms with E-state index in [2.05, 4.69) is 0 Å². The minimum atomic E-state index is -0.586. The van der Waals surface area contributed by atoms with Gasteiger partial charge >= 0.3 is 23.9 Å². The molecule has 0 bridgehead atoms. The third-order valence-corrected chi connectivity index (χ3v) is 6.91. The van der Waals surface area contributed by atoms with Crippen molar-refractivity contribution in [2.24, 2.45) is 0 Å². The van der Waals surface area contributed by atoms with Crippen LogP contribution in [0.15, 0.2) is 55.4 Å². The highest BCUT2D eigenvalue weighted by atomic mass is 32.1. The Labute approximate surface area is 220 Å². The van der Waals surface area contributed by atoms with Crippen LogP contribution in [0.5, 0.6) is 0 Å². The van der Waals surface area contributed by atoms with Crippen molar-refractivity contribution >= 4 is 46.4 Å². The minimum absolute atomic E-state index is 0.342. The molecule has 7 nitrogen and oxygen atoms in total. The third kappa shape index (κ3) is 5.49. The molecule has 194 valence electrons. The first-order valence-electron chi connectivity index (χ1n) is 11.7. The summed E-state index contributed by atoms with van der Waals surface area (Å²) in [5.41, 5.74) is 6.38. The average Bonchev–Trinajstić information content (AvgIpc) is 3.52. The topological polar surface area (TPSA) is 99.9 Å². The number of hydrogen-bond donors (Lipinski definition) is 0. The lowest BCUT2D eigenvalue weighted by molar-refractivity contribution is -0.151. The van der Waals surface area contributed by atoms with E-state index in [4.69, 9.17) is 13.9 Å². The smallest absolute Gasteiger partial charge is 0.347 e. The molecule has 0 atom stereocenters. The summed E-state index contributed by atoms with van der Waals surface area (Å²) in [7, 11) is 0. The van der Waals surface area contributed by atoms with Gasteiger partial charge < -0.3 is 13.9 Å². The van der Waals surface area contributed by atoms with Crippen LogP contribution in [-0.4, -0.2) is 23.9 Å². The lowest BCUT2D eigenvalue weighted by Crippen LogP contribution is -1.99. The number of aryl methyl sites for hydroxylation is 3. The van der Waals surface area contributed by atoms with Crippen LogP contribution < -0.4 is 0 Å². The maximum atomic E-state index is 11.9. The fraction of sp³-hybridized carbons (Fsp3) is 0.310. The number of rotatable bonds is 2. The third-order valence-electron chi connectivity index (χ3n) is 6.05. The molecular weight excluding hydrogens is 492 g/mol. The van der Waals surface area contributed by atoms with Crippen LogP contribution in [0.1, 0.15) is 69.1 Å². The van der Waals surface area contributed by atoms with Crippen molar-refractivity contribution in [2.75, 3.05) is 0 Å². The van der Waals surface area contributed by atoms with Crippen LogP contribution in [0.3, 0.4) is 0 Å². The van der Waals surface area contributed by atoms with Crippen molar-refractivity contribution < 1.29 is 33.1 Å². The second kappa shape index (κ2) is 10.7. The summed E-state index contributed by atoms with van der Waals surface area (Å²) in [4.78, 5) is 48.2. The average molecular weight is 523 g/mol. The Morgan fingerprint density at radius 1 is 0.649 bits per heavy atom. The Morgan fingerprint density at radius 2 is 1.11 bits per heavy atom. The van der Waals surface area contributed by atoms with E-state index in [1.807, 2.05) is 45.2 Å². The lowest BCUT2D eigenvalue weighted by atomic mass is 9.95. The highest BCUT2D eigenvalue weighted by Gasteiger charge is 2.37. The van der Waals surface area contributed by atoms with Gasteiger partial charge in [-0.1, -0.05) is 11.1 Å². The number of cyclic esters (lactones) is 4. The summed E-state index contributed by atoms with van der Waals surface area (Å²) in [6.07, 6.45) is 0. The number of thiophene rings is 1. The maximum Gasteiger partial charge on any atom is 0.347 e. The summed E-state index contributed by atoms with van der Waals surface area (Å²) < 4.78 is 14.9. The molecule has 0 unspecified atom stereocenters. The van der Waals surface area contributed by atoms with Crippen molar-refractivity contribution in [3.05, 3.63) is 78.5 Å². The Morgan fingerprint density at radius 3 is 1.49 bits per heavy atom. The van der Waals surface area contributed by atoms with E-state index in [1.54, 1.807) is 46.0 Å². The Kier molecular flexibility index (Phi) is 8.03. The molecule has 0 N–H and O–H groups in total. The Hall–Kier alpha value is -3.78. The van der Waals surface area contributed by atoms with Crippen LogP contribution in [0.2, 0.25) is 0 Å². The number of esters is 4. The van der Waals surface area contributed by atoms with Crippen molar-refractivity contribution in [3.63, 3.8) is 0 Å². The molecule has 2 aromatic rings. The fourth-order valence-corrected chi connectivity index (χ4v) is 5.05. The predicted molar refractivity (Wildman–Crippen MR) is 141 cm³/mol. The highest BCUT2D eigenvalue weighted by molar-refractivity contribution is 7.10. The summed E-state index contributed by atoms with van der Waals surface area (Å²) >= 11 is 1.62. The normalized spacial score (nSPS) is 18.0. The molecule has 2 aliphatic heterocycles. The molecule has 0 saturated carbocycles. The highest BCUT2D eigenvalue weighted by Crippen LogP contribution is 2.35. The monoisotopic (exact) mass is 522 g/mol. The number of allylic oxidation sites excluding steroid dienone is 4. The van der Waals surface area contributed by atoms with Gasteiger partial charge in [-0.15, -0.1) is 11.3 Å². The molecule has 4 heterocycles. The van der Waals surface area contributed by atoms with Gasteiger partial charge in [0.25, 0.3) is 0 Å². The van der Waals surface area contributed by atoms with Crippen LogP contribution in [0.25, 0.3) is 11.1 Å². The number of carbonyl (C=O) groups is 4. The SMILES string of the molecule is CC(C)=C1C(=O)OC(=O)/C1=C(\C)c1cc(C)oc1C.CC(C)=C1C(=O)OC(=O)/C1=C(\C)c1csc(C)c1. The molecule has 2 saturated heterocycles. The van der Waals surface area contributed by atoms with Crippen LogP contribution in [0, 0.1) is 20.8 Å². The number of carbonyl (C=O) groups excluding carboxylic acids is 4. The summed E-state index contributed by atoms with van der Waals surface area (Å²) in [5.74, 6) is -0.750. The van der Waals surface area contributed by atoms with Gasteiger partial charge in [0.05, 0.1) is 22.3 Å². The zero-order valence-corrected chi connectivity index (χ0v) is 23.3. The van der Waals surface area contributed by atoms with E-state index in [1.165, 1.54) is 4.88 Å². The fourth-order valence-electron chi connectivity index (χ4n) is 4.29.